The molecule has 4 aliphatic heterocycles. The van der Waals surface area contributed by atoms with Gasteiger partial charge in [0.25, 0.3) is 0 Å². The molecule has 4 saturated heterocycles. The molecular formula is C27H41N5O8. The molecule has 0 spiro atoms. The average molecular weight is 564 g/mol. The molecule has 5 aliphatic rings. The van der Waals surface area contributed by atoms with Crippen LogP contribution in [0, 0.1) is 11.3 Å². The van der Waals surface area contributed by atoms with Crippen molar-refractivity contribution in [2.45, 2.75) is 107 Å². The van der Waals surface area contributed by atoms with E-state index in [-0.39, 0.29) is 43.2 Å². The summed E-state index contributed by atoms with van der Waals surface area (Å²) in [7, 11) is 0. The minimum atomic E-state index is -1.50. The molecule has 1 aliphatic carbocycles. The third kappa shape index (κ3) is 5.70. The summed E-state index contributed by atoms with van der Waals surface area (Å²) in [5.41, 5.74) is -0.382. The van der Waals surface area contributed by atoms with Gasteiger partial charge >= 0.3 is 11.8 Å². The number of aliphatic hydroxyl groups excluding tert-OH is 2. The molecule has 222 valence electrons. The van der Waals surface area contributed by atoms with Gasteiger partial charge in [0.15, 0.2) is 5.79 Å². The van der Waals surface area contributed by atoms with Crippen molar-refractivity contribution in [1.82, 2.24) is 20.0 Å². The van der Waals surface area contributed by atoms with E-state index in [9.17, 15) is 29.9 Å². The van der Waals surface area contributed by atoms with E-state index in [0.29, 0.717) is 38.9 Å². The van der Waals surface area contributed by atoms with Crippen LogP contribution in [0.3, 0.4) is 0 Å². The van der Waals surface area contributed by atoms with Gasteiger partial charge in [0, 0.05) is 31.2 Å². The summed E-state index contributed by atoms with van der Waals surface area (Å²) in [6.07, 6.45) is 0.708. The zero-order chi connectivity index (χ0) is 28.9. The Morgan fingerprint density at radius 1 is 1.10 bits per heavy atom. The molecule has 4 unspecified atom stereocenters. The van der Waals surface area contributed by atoms with E-state index in [2.05, 4.69) is 11.4 Å². The van der Waals surface area contributed by atoms with Crippen LogP contribution in [0.15, 0.2) is 0 Å². The molecule has 0 bridgehead atoms. The predicted octanol–water partition coefficient (Wildman–Crippen LogP) is -0.938. The number of piperidine rings is 1. The number of carbonyl (C=O) groups is 3. The Hall–Kier alpha value is -2.34. The number of likely N-dealkylation sites (tertiary alicyclic amines) is 2. The van der Waals surface area contributed by atoms with Crippen molar-refractivity contribution in [3.8, 4) is 6.07 Å². The molecule has 0 radical (unpaired) electrons. The molecule has 4 heterocycles. The van der Waals surface area contributed by atoms with Crippen LogP contribution in [0.2, 0.25) is 0 Å². The van der Waals surface area contributed by atoms with Gasteiger partial charge in [-0.3, -0.25) is 14.4 Å². The zero-order valence-corrected chi connectivity index (χ0v) is 23.5. The van der Waals surface area contributed by atoms with Crippen LogP contribution in [0.25, 0.3) is 0 Å². The van der Waals surface area contributed by atoms with Crippen LogP contribution in [0.5, 0.6) is 0 Å². The Kier molecular flexibility index (Phi) is 7.88. The molecule has 5 fully saturated rings. The number of nitrogens with one attached hydrogen (secondary N) is 1. The second kappa shape index (κ2) is 10.8. The van der Waals surface area contributed by atoms with Crippen molar-refractivity contribution in [2.24, 2.45) is 0 Å². The van der Waals surface area contributed by atoms with Crippen molar-refractivity contribution in [1.29, 1.82) is 5.26 Å². The second-order valence-corrected chi connectivity index (χ2v) is 12.5. The number of nitriles is 1. The first-order valence-electron chi connectivity index (χ1n) is 14.3. The first-order chi connectivity index (χ1) is 18.9. The Labute approximate surface area is 234 Å². The average Bonchev–Trinajstić information content (AvgIpc) is 3.57. The number of aliphatic hydroxyl groups is 2. The topological polar surface area (TPSA) is 165 Å². The normalized spacial score (nSPS) is 34.7. The largest absolute Gasteiger partial charge is 0.388 e. The van der Waals surface area contributed by atoms with Gasteiger partial charge in [0.1, 0.15) is 24.4 Å². The van der Waals surface area contributed by atoms with Crippen LogP contribution in [0.4, 0.5) is 0 Å². The molecule has 1 saturated carbocycles. The molecule has 3 N–H and O–H groups in total. The van der Waals surface area contributed by atoms with Crippen LogP contribution >= 0.6 is 0 Å². The molecule has 0 aromatic carbocycles. The zero-order valence-electron chi connectivity index (χ0n) is 23.5. The highest BCUT2D eigenvalue weighted by Gasteiger charge is 2.63. The lowest BCUT2D eigenvalue weighted by Crippen LogP contribution is -2.65. The number of hydrogen-bond acceptors (Lipinski definition) is 10. The third-order valence-electron chi connectivity index (χ3n) is 8.83. The van der Waals surface area contributed by atoms with Crippen molar-refractivity contribution < 1.29 is 38.8 Å². The molecule has 0 aromatic heterocycles. The molecule has 0 aromatic rings. The van der Waals surface area contributed by atoms with Gasteiger partial charge < -0.3 is 44.4 Å². The molecule has 3 amide bonds. The lowest BCUT2D eigenvalue weighted by molar-refractivity contribution is -0.296. The summed E-state index contributed by atoms with van der Waals surface area (Å²) in [5.74, 6) is -3.98. The maximum Gasteiger partial charge on any atom is 0.312 e. The van der Waals surface area contributed by atoms with Crippen molar-refractivity contribution in [3.63, 3.8) is 0 Å². The van der Waals surface area contributed by atoms with Crippen molar-refractivity contribution in [2.75, 3.05) is 39.3 Å². The van der Waals surface area contributed by atoms with Crippen LogP contribution in [-0.4, -0.2) is 129 Å². The minimum absolute atomic E-state index is 0.0967. The Balaban J connectivity index is 1.19. The predicted molar refractivity (Wildman–Crippen MR) is 138 cm³/mol. The summed E-state index contributed by atoms with van der Waals surface area (Å²) in [6, 6.07) is 1.68. The van der Waals surface area contributed by atoms with Gasteiger partial charge in [0.05, 0.1) is 25.8 Å². The first kappa shape index (κ1) is 29.2. The number of fused-ring (bicyclic) bond motifs is 1. The summed E-state index contributed by atoms with van der Waals surface area (Å²) in [5, 5.41) is 33.3. The Morgan fingerprint density at radius 3 is 2.45 bits per heavy atom. The maximum absolute atomic E-state index is 13.6. The fourth-order valence-electron chi connectivity index (χ4n) is 6.25. The fraction of sp³-hybridized carbons (Fsp3) is 0.852. The summed E-state index contributed by atoms with van der Waals surface area (Å²) < 4.78 is 17.8. The first-order valence-corrected chi connectivity index (χ1v) is 14.3. The van der Waals surface area contributed by atoms with Gasteiger partial charge in [-0.25, -0.2) is 0 Å². The van der Waals surface area contributed by atoms with E-state index >= 15 is 0 Å². The van der Waals surface area contributed by atoms with E-state index in [1.165, 1.54) is 4.90 Å². The molecule has 13 heteroatoms. The van der Waals surface area contributed by atoms with E-state index in [1.807, 2.05) is 6.92 Å². The lowest BCUT2D eigenvalue weighted by Gasteiger charge is -2.44. The van der Waals surface area contributed by atoms with Gasteiger partial charge in [-0.1, -0.05) is 0 Å². The Morgan fingerprint density at radius 2 is 1.80 bits per heavy atom. The summed E-state index contributed by atoms with van der Waals surface area (Å²) in [4.78, 5) is 44.2. The van der Waals surface area contributed by atoms with Crippen molar-refractivity contribution in [3.05, 3.63) is 0 Å². The van der Waals surface area contributed by atoms with Gasteiger partial charge in [0.2, 0.25) is 11.7 Å². The number of ether oxygens (including phenoxy) is 3. The summed E-state index contributed by atoms with van der Waals surface area (Å²) in [6.45, 7) is 6.48. The molecule has 13 nitrogen and oxygen atoms in total. The standard InChI is InChI=1S/C27H41N5O8/c1-25(2)39-22-21(35)19(33)15-38-27(22,40-25)16-32(17-6-7-17)24(37)23(36)30-11-8-26(3,9-12-30)29-14-20(34)31-10-4-5-18(31)13-28/h17-19,21-22,29,33,35H,4-12,14-16H2,1-3H3/t18-,19?,21?,22?,27?/m0/s1. The lowest BCUT2D eigenvalue weighted by atomic mass is 9.89. The molecular weight excluding hydrogens is 522 g/mol. The highest BCUT2D eigenvalue weighted by molar-refractivity contribution is 6.35. The number of amides is 3. The van der Waals surface area contributed by atoms with Crippen LogP contribution in [0.1, 0.15) is 59.3 Å². The number of hydrogen-bond donors (Lipinski definition) is 3. The number of rotatable bonds is 6. The van der Waals surface area contributed by atoms with Gasteiger partial charge in [-0.05, 0) is 59.3 Å². The number of carbonyl (C=O) groups excluding carboxylic acids is 3. The number of nitrogens with zero attached hydrogens (tertiary/aromatic N) is 4. The highest BCUT2D eigenvalue weighted by atomic mass is 16.8. The molecule has 40 heavy (non-hydrogen) atoms. The minimum Gasteiger partial charge on any atom is -0.388 e. The highest BCUT2D eigenvalue weighted by Crippen LogP contribution is 2.44. The van der Waals surface area contributed by atoms with Crippen LogP contribution in [-0.2, 0) is 28.6 Å². The van der Waals surface area contributed by atoms with E-state index in [0.717, 1.165) is 19.3 Å². The SMILES string of the molecule is CC1(NCC(=O)N2CCC[C@H]2C#N)CCN(C(=O)C(=O)N(CC23OCC(O)C(O)C2OC(C)(C)O3)C2CC2)CC1. The van der Waals surface area contributed by atoms with Gasteiger partial charge in [-0.2, -0.15) is 5.26 Å². The van der Waals surface area contributed by atoms with Crippen molar-refractivity contribution >= 4 is 17.7 Å². The van der Waals surface area contributed by atoms with E-state index < -0.39 is 41.7 Å². The molecule has 5 rings (SSSR count). The van der Waals surface area contributed by atoms with Crippen LogP contribution < -0.4 is 5.32 Å². The van der Waals surface area contributed by atoms with E-state index in [1.54, 1.807) is 23.6 Å². The Bertz CT molecular complexity index is 1050. The fourth-order valence-corrected chi connectivity index (χ4v) is 6.25. The monoisotopic (exact) mass is 563 g/mol. The molecule has 5 atom stereocenters. The third-order valence-corrected chi connectivity index (χ3v) is 8.83. The van der Waals surface area contributed by atoms with E-state index in [4.69, 9.17) is 14.2 Å². The second-order valence-electron chi connectivity index (χ2n) is 12.5. The summed E-state index contributed by atoms with van der Waals surface area (Å²) >= 11 is 0. The van der Waals surface area contributed by atoms with Gasteiger partial charge in [-0.15, -0.1) is 0 Å². The smallest absolute Gasteiger partial charge is 0.312 e. The quantitative estimate of drug-likeness (QED) is 0.344. The maximum atomic E-state index is 13.6.